The van der Waals surface area contributed by atoms with E-state index in [-0.39, 0.29) is 23.0 Å². The monoisotopic (exact) mass is 512 g/mol. The van der Waals surface area contributed by atoms with Gasteiger partial charge in [0.1, 0.15) is 16.5 Å². The van der Waals surface area contributed by atoms with Crippen LogP contribution in [0.1, 0.15) is 12.0 Å². The molecule has 2 aliphatic rings. The zero-order chi connectivity index (χ0) is 24.4. The Morgan fingerprint density at radius 2 is 1.89 bits per heavy atom. The van der Waals surface area contributed by atoms with E-state index in [9.17, 15) is 17.6 Å². The maximum atomic E-state index is 13.1. The molecule has 1 N–H and O–H groups in total. The number of fused-ring (bicyclic) bond motifs is 1. The second-order valence-electron chi connectivity index (χ2n) is 8.64. The summed E-state index contributed by atoms with van der Waals surface area (Å²) in [6.07, 6.45) is 1.01. The molecule has 5 rings (SSSR count). The molecule has 3 heterocycles. The fourth-order valence-corrected chi connectivity index (χ4v) is 6.24. The number of hydrogen-bond donors (Lipinski definition) is 1. The minimum absolute atomic E-state index is 0.00430. The van der Waals surface area contributed by atoms with E-state index in [1.54, 1.807) is 35.6 Å². The third-order valence-electron chi connectivity index (χ3n) is 6.16. The lowest BCUT2D eigenvalue weighted by atomic mass is 10.1. The summed E-state index contributed by atoms with van der Waals surface area (Å²) >= 11 is 1.55. The molecule has 0 aliphatic carbocycles. The van der Waals surface area contributed by atoms with Gasteiger partial charge in [0.15, 0.2) is 0 Å². The number of anilines is 1. The maximum Gasteiger partial charge on any atom is 0.286 e. The molecule has 0 atom stereocenters. The first-order valence-corrected chi connectivity index (χ1v) is 13.7. The number of carbonyl (C=O) groups excluding carboxylic acids is 1. The topological polar surface area (TPSA) is 82.1 Å². The number of hydrogen-bond acceptors (Lipinski definition) is 6. The van der Waals surface area contributed by atoms with Crippen LogP contribution in [0.15, 0.2) is 69.3 Å². The largest absolute Gasteiger partial charge is 0.341 e. The fourth-order valence-electron chi connectivity index (χ4n) is 4.35. The third kappa shape index (κ3) is 5.44. The summed E-state index contributed by atoms with van der Waals surface area (Å²) in [7, 11) is -3.81. The van der Waals surface area contributed by atoms with E-state index in [4.69, 9.17) is 0 Å². The van der Waals surface area contributed by atoms with Gasteiger partial charge in [0.05, 0.1) is 18.7 Å². The maximum absolute atomic E-state index is 13.1. The molecule has 0 bridgehead atoms. The number of thiophene rings is 1. The molecule has 3 aromatic rings. The Balaban J connectivity index is 1.22. The highest BCUT2D eigenvalue weighted by Gasteiger charge is 2.27. The molecule has 0 unspecified atom stereocenters. The Hall–Kier alpha value is -3.08. The van der Waals surface area contributed by atoms with Crippen LogP contribution in [0.4, 0.5) is 10.1 Å². The van der Waals surface area contributed by atoms with E-state index in [2.05, 4.69) is 14.6 Å². The lowest BCUT2D eigenvalue weighted by Crippen LogP contribution is -2.39. The van der Waals surface area contributed by atoms with Crippen molar-refractivity contribution >= 4 is 38.8 Å². The molecule has 10 heteroatoms. The van der Waals surface area contributed by atoms with Crippen molar-refractivity contribution in [2.45, 2.75) is 17.7 Å². The standard InChI is InChI=1S/C25H25FN4O3S2/c26-20-7-4-18(5-8-20)15-25(31)30-11-2-10-29(12-13-30)17-24-27-21-9-6-19(22-3-1-14-34-22)16-23(21)35(32,33)28-24/h1,3-9,14,16H,2,10-13,15,17H2,(H,27,28). The highest BCUT2D eigenvalue weighted by Crippen LogP contribution is 2.33. The zero-order valence-electron chi connectivity index (χ0n) is 19.0. The van der Waals surface area contributed by atoms with Gasteiger partial charge in [-0.3, -0.25) is 9.69 Å². The Morgan fingerprint density at radius 3 is 2.66 bits per heavy atom. The van der Waals surface area contributed by atoms with Crippen molar-refractivity contribution in [3.63, 3.8) is 0 Å². The lowest BCUT2D eigenvalue weighted by molar-refractivity contribution is -0.130. The number of amidine groups is 1. The number of amides is 1. The van der Waals surface area contributed by atoms with Crippen molar-refractivity contribution in [3.05, 3.63) is 71.4 Å². The lowest BCUT2D eigenvalue weighted by Gasteiger charge is -2.25. The number of nitrogens with zero attached hydrogens (tertiary/aromatic N) is 3. The number of halogens is 1. The zero-order valence-corrected chi connectivity index (χ0v) is 20.6. The normalized spacial score (nSPS) is 17.7. The predicted octanol–water partition coefficient (Wildman–Crippen LogP) is 3.84. The Kier molecular flexibility index (Phi) is 6.68. The molecule has 0 spiro atoms. The third-order valence-corrected chi connectivity index (χ3v) is 8.43. The van der Waals surface area contributed by atoms with Crippen LogP contribution in [0.5, 0.6) is 0 Å². The van der Waals surface area contributed by atoms with Crippen molar-refractivity contribution in [2.24, 2.45) is 4.40 Å². The van der Waals surface area contributed by atoms with Crippen LogP contribution < -0.4 is 5.32 Å². The summed E-state index contributed by atoms with van der Waals surface area (Å²) in [5.41, 5.74) is 2.16. The molecule has 2 aromatic carbocycles. The molecule has 1 aromatic heterocycles. The summed E-state index contributed by atoms with van der Waals surface area (Å²) in [6, 6.07) is 15.2. The minimum atomic E-state index is -3.81. The predicted molar refractivity (Wildman–Crippen MR) is 136 cm³/mol. The SMILES string of the molecule is O=C(Cc1ccc(F)cc1)N1CCCN(CC2=NS(=O)(=O)c3cc(-c4cccs4)ccc3N2)CC1. The highest BCUT2D eigenvalue weighted by atomic mass is 32.2. The van der Waals surface area contributed by atoms with Crippen LogP contribution in [0.3, 0.4) is 0 Å². The fraction of sp³-hybridized carbons (Fsp3) is 0.280. The van der Waals surface area contributed by atoms with Crippen LogP contribution >= 0.6 is 11.3 Å². The molecule has 7 nitrogen and oxygen atoms in total. The van der Waals surface area contributed by atoms with Crippen LogP contribution in [0, 0.1) is 5.82 Å². The van der Waals surface area contributed by atoms with Crippen LogP contribution in [0.2, 0.25) is 0 Å². The van der Waals surface area contributed by atoms with Crippen LogP contribution in [0.25, 0.3) is 10.4 Å². The van der Waals surface area contributed by atoms with E-state index in [1.165, 1.54) is 12.1 Å². The van der Waals surface area contributed by atoms with Crippen LogP contribution in [-0.4, -0.2) is 62.7 Å². The molecule has 0 saturated carbocycles. The minimum Gasteiger partial charge on any atom is -0.341 e. The molecule has 182 valence electrons. The second kappa shape index (κ2) is 9.88. The highest BCUT2D eigenvalue weighted by molar-refractivity contribution is 7.90. The van der Waals surface area contributed by atoms with Crippen molar-refractivity contribution in [3.8, 4) is 10.4 Å². The number of rotatable bonds is 5. The number of benzene rings is 2. The summed E-state index contributed by atoms with van der Waals surface area (Å²) in [4.78, 5) is 17.8. The van der Waals surface area contributed by atoms with Gasteiger partial charge in [-0.15, -0.1) is 15.7 Å². The summed E-state index contributed by atoms with van der Waals surface area (Å²) in [5, 5.41) is 5.14. The van der Waals surface area contributed by atoms with Crippen molar-refractivity contribution in [2.75, 3.05) is 38.0 Å². The summed E-state index contributed by atoms with van der Waals surface area (Å²) in [6.45, 7) is 2.86. The smallest absolute Gasteiger partial charge is 0.286 e. The number of carbonyl (C=O) groups is 1. The van der Waals surface area contributed by atoms with Gasteiger partial charge in [-0.25, -0.2) is 4.39 Å². The average molecular weight is 513 g/mol. The Labute approximate surface area is 208 Å². The molecule has 1 fully saturated rings. The first-order chi connectivity index (χ1) is 16.9. The van der Waals surface area contributed by atoms with Crippen molar-refractivity contribution in [1.29, 1.82) is 0 Å². The van der Waals surface area contributed by atoms with Gasteiger partial charge in [0.2, 0.25) is 5.91 Å². The van der Waals surface area contributed by atoms with E-state index in [0.717, 1.165) is 29.0 Å². The number of sulfonamides is 1. The Morgan fingerprint density at radius 1 is 1.06 bits per heavy atom. The summed E-state index contributed by atoms with van der Waals surface area (Å²) in [5.74, 6) is 0.0653. The molecule has 2 aliphatic heterocycles. The van der Waals surface area contributed by atoms with Gasteiger partial charge in [-0.05, 0) is 53.3 Å². The van der Waals surface area contributed by atoms with Crippen molar-refractivity contribution < 1.29 is 17.6 Å². The molecule has 1 amide bonds. The quantitative estimate of drug-likeness (QED) is 0.562. The van der Waals surface area contributed by atoms with E-state index >= 15 is 0 Å². The molecular formula is C25H25FN4O3S2. The first kappa shape index (κ1) is 23.7. The second-order valence-corrected chi connectivity index (χ2v) is 11.2. The number of nitrogens with one attached hydrogen (secondary N) is 1. The van der Waals surface area contributed by atoms with E-state index < -0.39 is 10.0 Å². The van der Waals surface area contributed by atoms with E-state index in [0.29, 0.717) is 37.7 Å². The first-order valence-electron chi connectivity index (χ1n) is 11.4. The molecule has 35 heavy (non-hydrogen) atoms. The Bertz CT molecular complexity index is 1360. The van der Waals surface area contributed by atoms with Gasteiger partial charge >= 0.3 is 0 Å². The van der Waals surface area contributed by atoms with Gasteiger partial charge in [-0.1, -0.05) is 24.3 Å². The van der Waals surface area contributed by atoms with Gasteiger partial charge in [-0.2, -0.15) is 8.42 Å². The molecule has 1 saturated heterocycles. The van der Waals surface area contributed by atoms with Crippen LogP contribution in [-0.2, 0) is 21.2 Å². The van der Waals surface area contributed by atoms with Gasteiger partial charge in [0.25, 0.3) is 10.0 Å². The van der Waals surface area contributed by atoms with Gasteiger partial charge in [0, 0.05) is 31.1 Å². The van der Waals surface area contributed by atoms with Gasteiger partial charge < -0.3 is 10.2 Å². The molecular weight excluding hydrogens is 487 g/mol. The van der Waals surface area contributed by atoms with Crippen molar-refractivity contribution in [1.82, 2.24) is 9.80 Å². The molecule has 0 radical (unpaired) electrons. The summed E-state index contributed by atoms with van der Waals surface area (Å²) < 4.78 is 43.0. The van der Waals surface area contributed by atoms with E-state index in [1.807, 2.05) is 28.5 Å². The average Bonchev–Trinajstić information content (AvgIpc) is 3.27.